The van der Waals surface area contributed by atoms with Crippen molar-refractivity contribution in [1.82, 2.24) is 4.90 Å². The minimum atomic E-state index is -0.852. The molecule has 1 aliphatic rings. The molecule has 0 aliphatic carbocycles. The molecule has 2 amide bonds. The van der Waals surface area contributed by atoms with Gasteiger partial charge in [-0.25, -0.2) is 13.6 Å². The summed E-state index contributed by atoms with van der Waals surface area (Å²) >= 11 is 2.95. The van der Waals surface area contributed by atoms with E-state index in [1.807, 2.05) is 0 Å². The molecule has 1 aromatic rings. The number of halogens is 3. The Morgan fingerprint density at radius 2 is 2.06 bits per heavy atom. The number of amides is 2. The van der Waals surface area contributed by atoms with Crippen LogP contribution in [-0.4, -0.2) is 35.2 Å². The summed E-state index contributed by atoms with van der Waals surface area (Å²) in [6.45, 7) is 0.540. The molecule has 18 heavy (non-hydrogen) atoms. The highest BCUT2D eigenvalue weighted by Crippen LogP contribution is 2.24. The summed E-state index contributed by atoms with van der Waals surface area (Å²) < 4.78 is 27.2. The van der Waals surface area contributed by atoms with Crippen LogP contribution in [0, 0.1) is 11.6 Å². The molecule has 0 radical (unpaired) electrons. The predicted molar refractivity (Wildman–Crippen MR) is 65.3 cm³/mol. The van der Waals surface area contributed by atoms with Crippen molar-refractivity contribution in [3.63, 3.8) is 0 Å². The Bertz CT molecular complexity index is 461. The minimum absolute atomic E-state index is 0.172. The van der Waals surface area contributed by atoms with Crippen molar-refractivity contribution in [3.8, 4) is 0 Å². The summed E-state index contributed by atoms with van der Waals surface area (Å²) in [7, 11) is 0. The average Bonchev–Trinajstić information content (AvgIpc) is 2.70. The number of hydrogen-bond acceptors (Lipinski definition) is 2. The fourth-order valence-electron chi connectivity index (χ4n) is 1.77. The lowest BCUT2D eigenvalue weighted by molar-refractivity contribution is 0.176. The number of carbonyl (C=O) groups is 1. The fraction of sp³-hybridized carbons (Fsp3) is 0.364. The molecule has 1 saturated heterocycles. The van der Waals surface area contributed by atoms with Crippen molar-refractivity contribution in [3.05, 3.63) is 28.2 Å². The third-order valence-electron chi connectivity index (χ3n) is 2.69. The van der Waals surface area contributed by atoms with Crippen molar-refractivity contribution >= 4 is 27.6 Å². The summed E-state index contributed by atoms with van der Waals surface area (Å²) in [6, 6.07) is 1.52. The lowest BCUT2D eigenvalue weighted by atomic mass is 10.3. The molecular weight excluding hydrogens is 310 g/mol. The van der Waals surface area contributed by atoms with Crippen LogP contribution in [0.2, 0.25) is 0 Å². The smallest absolute Gasteiger partial charge is 0.322 e. The van der Waals surface area contributed by atoms with Gasteiger partial charge in [-0.3, -0.25) is 0 Å². The maximum atomic E-state index is 13.5. The number of nitrogens with zero attached hydrogens (tertiary/aromatic N) is 1. The van der Waals surface area contributed by atoms with E-state index in [4.69, 9.17) is 0 Å². The van der Waals surface area contributed by atoms with E-state index in [2.05, 4.69) is 21.2 Å². The molecule has 0 spiro atoms. The molecule has 1 fully saturated rings. The number of β-amino-alcohol motifs (C(OH)–C–C–N with tert-alkyl or cyclic N) is 1. The molecule has 1 heterocycles. The third kappa shape index (κ3) is 2.78. The van der Waals surface area contributed by atoms with Gasteiger partial charge in [-0.1, -0.05) is 15.9 Å². The zero-order valence-corrected chi connectivity index (χ0v) is 10.9. The van der Waals surface area contributed by atoms with E-state index in [0.29, 0.717) is 13.0 Å². The summed E-state index contributed by atoms with van der Waals surface area (Å²) in [5, 5.41) is 11.5. The van der Waals surface area contributed by atoms with Crippen LogP contribution in [0.15, 0.2) is 16.6 Å². The van der Waals surface area contributed by atoms with Crippen LogP contribution in [0.1, 0.15) is 6.42 Å². The first-order valence-corrected chi connectivity index (χ1v) is 6.15. The van der Waals surface area contributed by atoms with E-state index in [9.17, 15) is 18.7 Å². The lowest BCUT2D eigenvalue weighted by Gasteiger charge is -2.17. The van der Waals surface area contributed by atoms with E-state index in [1.165, 1.54) is 4.90 Å². The van der Waals surface area contributed by atoms with Gasteiger partial charge in [0, 0.05) is 17.6 Å². The molecule has 0 aromatic heterocycles. The van der Waals surface area contributed by atoms with Crippen LogP contribution in [-0.2, 0) is 0 Å². The molecule has 2 rings (SSSR count). The molecule has 98 valence electrons. The van der Waals surface area contributed by atoms with Crippen LogP contribution in [0.3, 0.4) is 0 Å². The Labute approximate surface area is 111 Å². The van der Waals surface area contributed by atoms with Crippen molar-refractivity contribution in [2.75, 3.05) is 18.4 Å². The number of carbonyl (C=O) groups excluding carboxylic acids is 1. The Balaban J connectivity index is 2.12. The summed E-state index contributed by atoms with van der Waals surface area (Å²) in [4.78, 5) is 13.0. The zero-order valence-electron chi connectivity index (χ0n) is 9.29. The maximum Gasteiger partial charge on any atom is 0.322 e. The first kappa shape index (κ1) is 13.2. The van der Waals surface area contributed by atoms with E-state index in [1.54, 1.807) is 0 Å². The van der Waals surface area contributed by atoms with Crippen LogP contribution in [0.5, 0.6) is 0 Å². The Hall–Kier alpha value is -1.21. The number of aliphatic hydroxyl groups excluding tert-OH is 1. The number of benzene rings is 1. The van der Waals surface area contributed by atoms with Crippen LogP contribution in [0.25, 0.3) is 0 Å². The van der Waals surface area contributed by atoms with Gasteiger partial charge in [0.05, 0.1) is 6.10 Å². The van der Waals surface area contributed by atoms with Crippen LogP contribution >= 0.6 is 15.9 Å². The number of hydrogen-bond donors (Lipinski definition) is 2. The first-order chi connectivity index (χ1) is 8.47. The SMILES string of the molecule is O=C(Nc1c(F)cc(Br)cc1F)N1CC[C@H](O)C1. The van der Waals surface area contributed by atoms with E-state index < -0.39 is 29.5 Å². The van der Waals surface area contributed by atoms with Crippen LogP contribution in [0.4, 0.5) is 19.3 Å². The summed E-state index contributed by atoms with van der Waals surface area (Å²) in [5.41, 5.74) is -0.482. The second-order valence-corrected chi connectivity index (χ2v) is 4.98. The number of urea groups is 1. The second kappa shape index (κ2) is 5.19. The van der Waals surface area contributed by atoms with Crippen molar-refractivity contribution in [2.24, 2.45) is 0 Å². The van der Waals surface area contributed by atoms with Gasteiger partial charge in [0.15, 0.2) is 11.6 Å². The normalized spacial score (nSPS) is 19.1. The Kier molecular flexibility index (Phi) is 3.82. The third-order valence-corrected chi connectivity index (χ3v) is 3.15. The number of nitrogens with one attached hydrogen (secondary N) is 1. The van der Waals surface area contributed by atoms with E-state index in [-0.39, 0.29) is 11.0 Å². The molecule has 1 aliphatic heterocycles. The predicted octanol–water partition coefficient (Wildman–Crippen LogP) is 2.33. The highest BCUT2D eigenvalue weighted by Gasteiger charge is 2.25. The quantitative estimate of drug-likeness (QED) is 0.834. The Morgan fingerprint density at radius 3 is 2.56 bits per heavy atom. The van der Waals surface area contributed by atoms with Crippen molar-refractivity contribution in [1.29, 1.82) is 0 Å². The first-order valence-electron chi connectivity index (χ1n) is 5.36. The van der Waals surface area contributed by atoms with E-state index >= 15 is 0 Å². The number of rotatable bonds is 1. The minimum Gasteiger partial charge on any atom is -0.391 e. The lowest BCUT2D eigenvalue weighted by Crippen LogP contribution is -2.34. The van der Waals surface area contributed by atoms with Crippen LogP contribution < -0.4 is 5.32 Å². The molecule has 0 saturated carbocycles. The molecule has 7 heteroatoms. The summed E-state index contributed by atoms with van der Waals surface area (Å²) in [5.74, 6) is -1.70. The molecular formula is C11H11BrF2N2O2. The molecule has 4 nitrogen and oxygen atoms in total. The van der Waals surface area contributed by atoms with Gasteiger partial charge in [-0.05, 0) is 18.6 Å². The van der Waals surface area contributed by atoms with Gasteiger partial charge in [0.25, 0.3) is 0 Å². The molecule has 0 bridgehead atoms. The van der Waals surface area contributed by atoms with Gasteiger partial charge in [0.1, 0.15) is 5.69 Å². The molecule has 1 atom stereocenters. The highest BCUT2D eigenvalue weighted by molar-refractivity contribution is 9.10. The largest absolute Gasteiger partial charge is 0.391 e. The van der Waals surface area contributed by atoms with E-state index in [0.717, 1.165) is 12.1 Å². The topological polar surface area (TPSA) is 52.6 Å². The Morgan fingerprint density at radius 1 is 1.44 bits per heavy atom. The monoisotopic (exact) mass is 320 g/mol. The average molecular weight is 321 g/mol. The summed E-state index contributed by atoms with van der Waals surface area (Å²) in [6.07, 6.45) is -0.103. The van der Waals surface area contributed by atoms with Gasteiger partial charge >= 0.3 is 6.03 Å². The zero-order chi connectivity index (χ0) is 13.3. The molecule has 0 unspecified atom stereocenters. The standard InChI is InChI=1S/C11H11BrF2N2O2/c12-6-3-8(13)10(9(14)4-6)15-11(18)16-2-1-7(17)5-16/h3-4,7,17H,1-2,5H2,(H,15,18)/t7-/m0/s1. The number of anilines is 1. The maximum absolute atomic E-state index is 13.5. The highest BCUT2D eigenvalue weighted by atomic mass is 79.9. The number of likely N-dealkylation sites (tertiary alicyclic amines) is 1. The molecule has 1 aromatic carbocycles. The van der Waals surface area contributed by atoms with Crippen molar-refractivity contribution in [2.45, 2.75) is 12.5 Å². The van der Waals surface area contributed by atoms with Gasteiger partial charge in [-0.2, -0.15) is 0 Å². The van der Waals surface area contributed by atoms with Gasteiger partial charge in [0.2, 0.25) is 0 Å². The number of aliphatic hydroxyl groups is 1. The second-order valence-electron chi connectivity index (χ2n) is 4.06. The fourth-order valence-corrected chi connectivity index (χ4v) is 2.18. The van der Waals surface area contributed by atoms with Gasteiger partial charge in [-0.15, -0.1) is 0 Å². The molecule has 2 N–H and O–H groups in total. The van der Waals surface area contributed by atoms with Crippen molar-refractivity contribution < 1.29 is 18.7 Å². The van der Waals surface area contributed by atoms with Gasteiger partial charge < -0.3 is 15.3 Å².